The van der Waals surface area contributed by atoms with Crippen molar-refractivity contribution in [2.75, 3.05) is 12.8 Å². The SMILES string of the molecule is CNC1CC=C(c2cnc(N)c3c(-c4ccc(Cc5nc6c(F)cc(F)cc6[nH]5)c5ccccc45)nc(C(C)C)n23)CC1. The predicted octanol–water partition coefficient (Wildman–Crippen LogP) is 7.16. The lowest BCUT2D eigenvalue weighted by Gasteiger charge is -2.22. The minimum Gasteiger partial charge on any atom is -0.382 e. The van der Waals surface area contributed by atoms with E-state index in [1.165, 1.54) is 11.6 Å². The van der Waals surface area contributed by atoms with Crippen molar-refractivity contribution in [1.82, 2.24) is 29.7 Å². The first-order valence-electron chi connectivity index (χ1n) is 14.7. The molecule has 9 heteroatoms. The van der Waals surface area contributed by atoms with Crippen molar-refractivity contribution >= 4 is 38.7 Å². The van der Waals surface area contributed by atoms with E-state index in [2.05, 4.69) is 68.9 Å². The molecule has 3 aromatic heterocycles. The molecule has 0 radical (unpaired) electrons. The molecule has 3 heterocycles. The molecule has 0 fully saturated rings. The molecule has 1 unspecified atom stereocenters. The van der Waals surface area contributed by atoms with Crippen LogP contribution in [0.1, 0.15) is 61.9 Å². The first kappa shape index (κ1) is 27.2. The number of benzene rings is 3. The van der Waals surface area contributed by atoms with E-state index < -0.39 is 11.6 Å². The summed E-state index contributed by atoms with van der Waals surface area (Å²) in [5.41, 5.74) is 13.0. The summed E-state index contributed by atoms with van der Waals surface area (Å²) >= 11 is 0. The van der Waals surface area contributed by atoms with Crippen LogP contribution in [0, 0.1) is 11.6 Å². The minimum atomic E-state index is -0.679. The molecule has 7 nitrogen and oxygen atoms in total. The third-order valence-corrected chi connectivity index (χ3v) is 8.56. The lowest BCUT2D eigenvalue weighted by Crippen LogP contribution is -2.26. The maximum absolute atomic E-state index is 14.3. The molecule has 43 heavy (non-hydrogen) atoms. The fraction of sp³-hybridized carbons (Fsp3) is 0.265. The van der Waals surface area contributed by atoms with Gasteiger partial charge in [-0.25, -0.2) is 23.7 Å². The fourth-order valence-corrected chi connectivity index (χ4v) is 6.38. The zero-order chi connectivity index (χ0) is 29.8. The lowest BCUT2D eigenvalue weighted by molar-refractivity contribution is 0.522. The number of halogens is 2. The Kier molecular flexibility index (Phi) is 6.69. The summed E-state index contributed by atoms with van der Waals surface area (Å²) < 4.78 is 30.3. The number of imidazole rings is 2. The highest BCUT2D eigenvalue weighted by molar-refractivity contribution is 6.02. The molecular formula is C34H33F2N7. The van der Waals surface area contributed by atoms with Gasteiger partial charge in [-0.15, -0.1) is 0 Å². The zero-order valence-electron chi connectivity index (χ0n) is 24.4. The third kappa shape index (κ3) is 4.64. The second kappa shape index (κ2) is 10.6. The van der Waals surface area contributed by atoms with E-state index in [9.17, 15) is 8.78 Å². The number of nitrogen functional groups attached to an aromatic ring is 1. The molecular weight excluding hydrogens is 544 g/mol. The molecule has 0 saturated carbocycles. The Labute approximate surface area is 247 Å². The van der Waals surface area contributed by atoms with E-state index in [1.807, 2.05) is 25.4 Å². The number of nitrogens with one attached hydrogen (secondary N) is 2. The highest BCUT2D eigenvalue weighted by atomic mass is 19.1. The molecule has 0 saturated heterocycles. The molecule has 218 valence electrons. The number of allylic oxidation sites excluding steroid dienone is 1. The number of fused-ring (bicyclic) bond motifs is 3. The van der Waals surface area contributed by atoms with Gasteiger partial charge in [0.15, 0.2) is 5.82 Å². The molecule has 0 bridgehead atoms. The van der Waals surface area contributed by atoms with Crippen LogP contribution in [0.2, 0.25) is 0 Å². The van der Waals surface area contributed by atoms with Crippen molar-refractivity contribution in [2.24, 2.45) is 0 Å². The molecule has 1 aliphatic carbocycles. The van der Waals surface area contributed by atoms with E-state index in [0.29, 0.717) is 29.6 Å². The van der Waals surface area contributed by atoms with Crippen molar-refractivity contribution in [3.63, 3.8) is 0 Å². The van der Waals surface area contributed by atoms with Gasteiger partial charge in [-0.2, -0.15) is 0 Å². The van der Waals surface area contributed by atoms with E-state index in [1.54, 1.807) is 0 Å². The fourth-order valence-electron chi connectivity index (χ4n) is 6.38. The lowest BCUT2D eigenvalue weighted by atomic mass is 9.93. The Bertz CT molecular complexity index is 2050. The predicted molar refractivity (Wildman–Crippen MR) is 168 cm³/mol. The van der Waals surface area contributed by atoms with E-state index in [-0.39, 0.29) is 11.4 Å². The van der Waals surface area contributed by atoms with Crippen LogP contribution in [-0.2, 0) is 6.42 Å². The summed E-state index contributed by atoms with van der Waals surface area (Å²) in [5.74, 6) is 0.776. The Hall–Kier alpha value is -4.63. The van der Waals surface area contributed by atoms with Crippen molar-refractivity contribution in [3.8, 4) is 11.3 Å². The summed E-state index contributed by atoms with van der Waals surface area (Å²) in [6.07, 6.45) is 7.60. The molecule has 0 aliphatic heterocycles. The van der Waals surface area contributed by atoms with Crippen molar-refractivity contribution in [1.29, 1.82) is 0 Å². The number of nitrogens with two attached hydrogens (primary N) is 1. The van der Waals surface area contributed by atoms with Crippen LogP contribution < -0.4 is 11.1 Å². The zero-order valence-corrected chi connectivity index (χ0v) is 24.4. The summed E-state index contributed by atoms with van der Waals surface area (Å²) in [5, 5.41) is 5.43. The number of H-pyrrole nitrogens is 1. The van der Waals surface area contributed by atoms with Gasteiger partial charge in [-0.1, -0.05) is 56.3 Å². The smallest absolute Gasteiger partial charge is 0.153 e. The summed E-state index contributed by atoms with van der Waals surface area (Å²) in [4.78, 5) is 17.4. The van der Waals surface area contributed by atoms with Crippen molar-refractivity contribution < 1.29 is 8.78 Å². The van der Waals surface area contributed by atoms with Crippen LogP contribution in [0.15, 0.2) is 60.8 Å². The number of aromatic nitrogens is 5. The van der Waals surface area contributed by atoms with Gasteiger partial charge < -0.3 is 16.0 Å². The molecule has 1 aliphatic rings. The van der Waals surface area contributed by atoms with Gasteiger partial charge in [0.05, 0.1) is 17.4 Å². The second-order valence-electron chi connectivity index (χ2n) is 11.6. The molecule has 0 spiro atoms. The molecule has 3 aromatic carbocycles. The quantitative estimate of drug-likeness (QED) is 0.195. The average Bonchev–Trinajstić information content (AvgIpc) is 3.60. The standard InChI is InChI=1S/C34H33F2N7/c1-18(2)34-42-30(32-33(37)39-17-28(43(32)34)19-8-11-22(38-3)12-9-19)25-13-10-20(23-6-4-5-7-24(23)25)14-29-40-27-16-21(35)15-26(36)31(27)41-29/h4-8,10,13,15-18,22,38H,9,11-12,14H2,1-3H3,(H2,37,39)(H,40,41). The number of aromatic amines is 1. The Balaban J connectivity index is 1.38. The maximum atomic E-state index is 14.3. The molecule has 1 atom stereocenters. The normalized spacial score (nSPS) is 15.7. The summed E-state index contributed by atoms with van der Waals surface area (Å²) in [7, 11) is 2.01. The van der Waals surface area contributed by atoms with E-state index in [0.717, 1.165) is 70.0 Å². The second-order valence-corrected chi connectivity index (χ2v) is 11.6. The van der Waals surface area contributed by atoms with Crippen LogP contribution in [-0.4, -0.2) is 37.4 Å². The first-order valence-corrected chi connectivity index (χ1v) is 14.7. The third-order valence-electron chi connectivity index (χ3n) is 8.56. The van der Waals surface area contributed by atoms with Crippen LogP contribution in [0.3, 0.4) is 0 Å². The molecule has 0 amide bonds. The minimum absolute atomic E-state index is 0.136. The van der Waals surface area contributed by atoms with Crippen LogP contribution >= 0.6 is 0 Å². The van der Waals surface area contributed by atoms with E-state index in [4.69, 9.17) is 10.7 Å². The number of hydrogen-bond acceptors (Lipinski definition) is 5. The number of nitrogens with zero attached hydrogens (tertiary/aromatic N) is 4. The summed E-state index contributed by atoms with van der Waals surface area (Å²) in [6.45, 7) is 4.29. The van der Waals surface area contributed by atoms with Crippen LogP contribution in [0.4, 0.5) is 14.6 Å². The van der Waals surface area contributed by atoms with Gasteiger partial charge in [-0.05, 0) is 54.3 Å². The van der Waals surface area contributed by atoms with Gasteiger partial charge in [0, 0.05) is 30.0 Å². The Morgan fingerprint density at radius 3 is 2.65 bits per heavy atom. The number of hydrogen-bond donors (Lipinski definition) is 3. The highest BCUT2D eigenvalue weighted by Crippen LogP contribution is 2.39. The van der Waals surface area contributed by atoms with Gasteiger partial charge in [0.25, 0.3) is 0 Å². The van der Waals surface area contributed by atoms with E-state index >= 15 is 0 Å². The van der Waals surface area contributed by atoms with Crippen molar-refractivity contribution in [3.05, 3.63) is 95.3 Å². The van der Waals surface area contributed by atoms with Crippen LogP contribution in [0.25, 0.3) is 44.2 Å². The molecule has 6 aromatic rings. The van der Waals surface area contributed by atoms with Crippen LogP contribution in [0.5, 0.6) is 0 Å². The number of rotatable bonds is 6. The average molecular weight is 578 g/mol. The van der Waals surface area contributed by atoms with Gasteiger partial charge in [0.2, 0.25) is 0 Å². The first-order chi connectivity index (χ1) is 20.8. The summed E-state index contributed by atoms with van der Waals surface area (Å²) in [6, 6.07) is 14.9. The topological polar surface area (TPSA) is 96.9 Å². The molecule has 4 N–H and O–H groups in total. The van der Waals surface area contributed by atoms with Gasteiger partial charge >= 0.3 is 0 Å². The number of anilines is 1. The van der Waals surface area contributed by atoms with Gasteiger partial charge in [0.1, 0.15) is 40.0 Å². The monoisotopic (exact) mass is 577 g/mol. The maximum Gasteiger partial charge on any atom is 0.153 e. The van der Waals surface area contributed by atoms with Crippen molar-refractivity contribution in [2.45, 2.75) is 51.5 Å². The molecule has 7 rings (SSSR count). The van der Waals surface area contributed by atoms with Gasteiger partial charge in [-0.3, -0.25) is 4.40 Å². The highest BCUT2D eigenvalue weighted by Gasteiger charge is 2.25. The largest absolute Gasteiger partial charge is 0.382 e. The Morgan fingerprint density at radius 1 is 1.09 bits per heavy atom. The Morgan fingerprint density at radius 2 is 1.91 bits per heavy atom.